The van der Waals surface area contributed by atoms with Gasteiger partial charge in [-0.2, -0.15) is 0 Å². The minimum atomic E-state index is 0.443. The maximum atomic E-state index is 4.84. The van der Waals surface area contributed by atoms with Crippen LogP contribution in [0.2, 0.25) is 0 Å². The van der Waals surface area contributed by atoms with Gasteiger partial charge in [-0.3, -0.25) is 9.89 Å². The molecule has 0 bridgehead atoms. The lowest BCUT2D eigenvalue weighted by molar-refractivity contribution is 0.739. The largest absolute Gasteiger partial charge is 0.297 e. The second-order valence-electron chi connectivity index (χ2n) is 5.31. The van der Waals surface area contributed by atoms with Gasteiger partial charge in [-0.25, -0.2) is 0 Å². The summed E-state index contributed by atoms with van der Waals surface area (Å²) in [6, 6.07) is 17.7. The molecule has 0 N–H and O–H groups in total. The average molecular weight is 280 g/mol. The lowest BCUT2D eigenvalue weighted by Gasteiger charge is -2.32. The van der Waals surface area contributed by atoms with Crippen molar-refractivity contribution < 1.29 is 0 Å². The molecule has 0 radical (unpaired) electrons. The van der Waals surface area contributed by atoms with Crippen molar-refractivity contribution in [2.75, 3.05) is 4.90 Å². The van der Waals surface area contributed by atoms with E-state index in [2.05, 4.69) is 60.4 Å². The molecule has 2 aromatic carbocycles. The van der Waals surface area contributed by atoms with Gasteiger partial charge in [-0.15, -0.1) is 0 Å². The molecule has 2 aromatic rings. The first-order valence-electron chi connectivity index (χ1n) is 7.05. The number of para-hydroxylation sites is 2. The van der Waals surface area contributed by atoms with Crippen LogP contribution in [0.5, 0.6) is 0 Å². The van der Waals surface area contributed by atoms with E-state index >= 15 is 0 Å². The van der Waals surface area contributed by atoms with Gasteiger partial charge >= 0.3 is 0 Å². The van der Waals surface area contributed by atoms with E-state index in [-0.39, 0.29) is 0 Å². The van der Waals surface area contributed by atoms with Crippen molar-refractivity contribution in [3.63, 3.8) is 0 Å². The molecule has 0 saturated carbocycles. The zero-order chi connectivity index (χ0) is 13.5. The van der Waals surface area contributed by atoms with Gasteiger partial charge in [-0.1, -0.05) is 36.0 Å². The Hall–Kier alpha value is -1.74. The van der Waals surface area contributed by atoms with Crippen LogP contribution in [0, 0.1) is 0 Å². The third kappa shape index (κ3) is 1.85. The maximum Gasteiger partial charge on any atom is 0.108 e. The van der Waals surface area contributed by atoms with Crippen LogP contribution in [0.3, 0.4) is 0 Å². The number of hydrogen-bond acceptors (Lipinski definition) is 3. The molecule has 20 heavy (non-hydrogen) atoms. The smallest absolute Gasteiger partial charge is 0.108 e. The summed E-state index contributed by atoms with van der Waals surface area (Å²) >= 11 is 1.85. The van der Waals surface area contributed by atoms with Crippen molar-refractivity contribution in [3.8, 4) is 0 Å². The molecular formula is C17H16N2S. The second-order valence-corrected chi connectivity index (χ2v) is 6.39. The molecule has 0 spiro atoms. The number of amidine groups is 1. The topological polar surface area (TPSA) is 15.6 Å². The van der Waals surface area contributed by atoms with Gasteiger partial charge in [0, 0.05) is 22.3 Å². The first-order valence-corrected chi connectivity index (χ1v) is 7.87. The van der Waals surface area contributed by atoms with E-state index in [1.54, 1.807) is 0 Å². The fourth-order valence-corrected chi connectivity index (χ4v) is 3.93. The quantitative estimate of drug-likeness (QED) is 0.684. The van der Waals surface area contributed by atoms with Crippen molar-refractivity contribution in [2.24, 2.45) is 4.99 Å². The molecule has 2 aliphatic heterocycles. The number of aliphatic imine (C=N–C) groups is 1. The van der Waals surface area contributed by atoms with Crippen molar-refractivity contribution in [1.82, 2.24) is 0 Å². The number of fused-ring (bicyclic) bond motifs is 2. The fraction of sp³-hybridized carbons (Fsp3) is 0.235. The molecule has 0 aliphatic carbocycles. The zero-order valence-electron chi connectivity index (χ0n) is 11.4. The highest BCUT2D eigenvalue weighted by atomic mass is 32.2. The molecule has 0 fully saturated rings. The van der Waals surface area contributed by atoms with Crippen molar-refractivity contribution >= 4 is 29.0 Å². The Morgan fingerprint density at radius 2 is 1.60 bits per heavy atom. The fourth-order valence-electron chi connectivity index (χ4n) is 2.87. The number of anilines is 2. The molecule has 100 valence electrons. The van der Waals surface area contributed by atoms with Gasteiger partial charge in [0.15, 0.2) is 0 Å². The number of nitrogens with zero attached hydrogens (tertiary/aromatic N) is 2. The molecular weight excluding hydrogens is 264 g/mol. The average Bonchev–Trinajstić information content (AvgIpc) is 2.91. The zero-order valence-corrected chi connectivity index (χ0v) is 12.2. The van der Waals surface area contributed by atoms with E-state index in [4.69, 9.17) is 4.99 Å². The molecule has 0 amide bonds. The van der Waals surface area contributed by atoms with Crippen LogP contribution in [0.1, 0.15) is 19.8 Å². The highest BCUT2D eigenvalue weighted by Gasteiger charge is 2.28. The molecule has 0 aromatic heterocycles. The molecule has 2 aliphatic rings. The van der Waals surface area contributed by atoms with Gasteiger partial charge < -0.3 is 0 Å². The Morgan fingerprint density at radius 3 is 2.15 bits per heavy atom. The summed E-state index contributed by atoms with van der Waals surface area (Å²) in [7, 11) is 0. The third-order valence-electron chi connectivity index (χ3n) is 3.85. The second kappa shape index (κ2) is 4.67. The van der Waals surface area contributed by atoms with Crippen molar-refractivity contribution in [1.29, 1.82) is 0 Å². The van der Waals surface area contributed by atoms with Crippen molar-refractivity contribution in [2.45, 2.75) is 35.6 Å². The Balaban J connectivity index is 1.91. The van der Waals surface area contributed by atoms with Gasteiger partial charge in [0.25, 0.3) is 0 Å². The lowest BCUT2D eigenvalue weighted by Crippen LogP contribution is -2.26. The molecule has 2 nitrogen and oxygen atoms in total. The Kier molecular flexibility index (Phi) is 2.81. The van der Waals surface area contributed by atoms with Crippen LogP contribution in [0.4, 0.5) is 11.4 Å². The van der Waals surface area contributed by atoms with E-state index in [1.807, 2.05) is 11.8 Å². The van der Waals surface area contributed by atoms with E-state index in [0.29, 0.717) is 6.04 Å². The summed E-state index contributed by atoms with van der Waals surface area (Å²) in [5, 5.41) is 0. The first-order chi connectivity index (χ1) is 9.83. The molecule has 1 unspecified atom stereocenters. The van der Waals surface area contributed by atoms with Gasteiger partial charge in [0.05, 0.1) is 11.4 Å². The molecule has 1 atom stereocenters. The number of rotatable bonds is 0. The van der Waals surface area contributed by atoms with Crippen LogP contribution in [-0.4, -0.2) is 11.9 Å². The van der Waals surface area contributed by atoms with Gasteiger partial charge in [0.2, 0.25) is 0 Å². The summed E-state index contributed by atoms with van der Waals surface area (Å²) in [6.07, 6.45) is 2.22. The summed E-state index contributed by atoms with van der Waals surface area (Å²) in [5.74, 6) is 1.21. The van der Waals surface area contributed by atoms with Crippen LogP contribution >= 0.6 is 11.8 Å². The predicted molar refractivity (Wildman–Crippen MR) is 85.3 cm³/mol. The first kappa shape index (κ1) is 12.0. The van der Waals surface area contributed by atoms with E-state index in [1.165, 1.54) is 27.0 Å². The predicted octanol–water partition coefficient (Wildman–Crippen LogP) is 4.87. The molecule has 3 heteroatoms. The summed E-state index contributed by atoms with van der Waals surface area (Å²) < 4.78 is 0. The van der Waals surface area contributed by atoms with Crippen LogP contribution < -0.4 is 4.90 Å². The van der Waals surface area contributed by atoms with Crippen molar-refractivity contribution in [3.05, 3.63) is 48.5 Å². The van der Waals surface area contributed by atoms with E-state index < -0.39 is 0 Å². The summed E-state index contributed by atoms with van der Waals surface area (Å²) in [5.41, 5.74) is 2.54. The SMILES string of the molecule is CC1CCC(N2c3ccccc3Sc3ccccc32)=N1. The summed E-state index contributed by atoms with van der Waals surface area (Å²) in [4.78, 5) is 9.82. The Labute approximate surface area is 123 Å². The minimum Gasteiger partial charge on any atom is -0.297 e. The Morgan fingerprint density at radius 1 is 1.00 bits per heavy atom. The number of benzene rings is 2. The van der Waals surface area contributed by atoms with Crippen LogP contribution in [-0.2, 0) is 0 Å². The standard InChI is InChI=1S/C17H16N2S/c1-12-10-11-17(18-12)19-13-6-2-4-8-15(13)20-16-9-5-3-7-14(16)19/h2-9,12H,10-11H2,1H3. The Bertz CT molecular complexity index is 647. The number of hydrogen-bond donors (Lipinski definition) is 0. The highest BCUT2D eigenvalue weighted by molar-refractivity contribution is 7.99. The minimum absolute atomic E-state index is 0.443. The highest BCUT2D eigenvalue weighted by Crippen LogP contribution is 2.48. The molecule has 0 saturated heterocycles. The van der Waals surface area contributed by atoms with Crippen LogP contribution in [0.15, 0.2) is 63.3 Å². The van der Waals surface area contributed by atoms with Crippen LogP contribution in [0.25, 0.3) is 0 Å². The maximum absolute atomic E-state index is 4.84. The molecule has 4 rings (SSSR count). The normalized spacial score (nSPS) is 20.4. The molecule has 2 heterocycles. The lowest BCUT2D eigenvalue weighted by atomic mass is 10.2. The van der Waals surface area contributed by atoms with E-state index in [9.17, 15) is 0 Å². The van der Waals surface area contributed by atoms with Gasteiger partial charge in [0.1, 0.15) is 5.84 Å². The monoisotopic (exact) mass is 280 g/mol. The van der Waals surface area contributed by atoms with Gasteiger partial charge in [-0.05, 0) is 37.6 Å². The van der Waals surface area contributed by atoms with E-state index in [0.717, 1.165) is 12.8 Å². The summed E-state index contributed by atoms with van der Waals surface area (Å²) in [6.45, 7) is 2.20. The third-order valence-corrected chi connectivity index (χ3v) is 4.98.